The molecule has 0 amide bonds. The van der Waals surface area contributed by atoms with Gasteiger partial charge in [-0.15, -0.1) is 0 Å². The molecule has 354 valence electrons. The van der Waals surface area contributed by atoms with Crippen LogP contribution in [-0.4, -0.2) is 37.2 Å². The van der Waals surface area contributed by atoms with Crippen molar-refractivity contribution in [3.8, 4) is 0 Å². The van der Waals surface area contributed by atoms with E-state index in [1.54, 1.807) is 0 Å². The fourth-order valence-electron chi connectivity index (χ4n) is 5.77. The SMILES string of the molecule is CC/C=C/C=C/C=C/C=C/CCCCCC(=O)OCC(COC(=O)CCC/C=C/C/C=C/C/C=C/C/C=C/C/C=C/CC)OC(=O)CCCCC/C=C/C/C=C/C/C=C/C/C=C/CC. The first-order chi connectivity index (χ1) is 31.5. The van der Waals surface area contributed by atoms with Gasteiger partial charge < -0.3 is 14.2 Å². The molecule has 1 unspecified atom stereocenters. The fourth-order valence-corrected chi connectivity index (χ4v) is 5.77. The van der Waals surface area contributed by atoms with Gasteiger partial charge in [-0.3, -0.25) is 14.4 Å². The molecule has 0 saturated heterocycles. The summed E-state index contributed by atoms with van der Waals surface area (Å²) in [7, 11) is 0. The molecule has 0 spiro atoms. The molecule has 0 aliphatic rings. The van der Waals surface area contributed by atoms with E-state index in [2.05, 4.69) is 142 Å². The highest BCUT2D eigenvalue weighted by Crippen LogP contribution is 2.10. The Morgan fingerprint density at radius 2 is 0.656 bits per heavy atom. The normalized spacial score (nSPS) is 13.5. The van der Waals surface area contributed by atoms with Gasteiger partial charge in [0.1, 0.15) is 13.2 Å². The van der Waals surface area contributed by atoms with E-state index in [0.717, 1.165) is 109 Å². The largest absolute Gasteiger partial charge is 0.462 e. The van der Waals surface area contributed by atoms with Crippen LogP contribution in [0.5, 0.6) is 0 Å². The Bertz CT molecular complexity index is 1520. The fraction of sp³-hybridized carbons (Fsp3) is 0.500. The standard InChI is InChI=1S/C58H86O6/c1-4-7-10-13-16-19-22-25-27-29-31-33-36-39-42-45-48-51-57(60)63-54-55(53-62-56(59)50-47-44-41-38-35-32-24-21-18-15-12-9-6-3)64-58(61)52-49-46-43-40-37-34-30-28-26-23-20-17-14-11-8-5-2/h7-12,15-21,24-28,31-35,37,39,42,55H,4-6,13-14,22-23,29-30,36,38,40-41,43-54H2,1-3H3/b10-7+,11-8+,12-9+,18-15+,19-16+,20-17+,24-21+,27-25+,28-26+,33-31+,35-32+,37-34+,42-39+. The molecule has 0 fully saturated rings. The predicted molar refractivity (Wildman–Crippen MR) is 274 cm³/mol. The molecule has 0 rings (SSSR count). The molecule has 1 atom stereocenters. The summed E-state index contributed by atoms with van der Waals surface area (Å²) in [5, 5.41) is 0. The molecule has 0 aliphatic carbocycles. The van der Waals surface area contributed by atoms with Gasteiger partial charge >= 0.3 is 17.9 Å². The molecule has 0 N–H and O–H groups in total. The van der Waals surface area contributed by atoms with E-state index < -0.39 is 6.10 Å². The monoisotopic (exact) mass is 879 g/mol. The number of rotatable bonds is 41. The van der Waals surface area contributed by atoms with Crippen molar-refractivity contribution in [1.82, 2.24) is 0 Å². The summed E-state index contributed by atoms with van der Waals surface area (Å²) in [4.78, 5) is 37.9. The average Bonchev–Trinajstić information content (AvgIpc) is 3.29. The molecule has 6 nitrogen and oxygen atoms in total. The Hall–Kier alpha value is -4.97. The molecular weight excluding hydrogens is 793 g/mol. The van der Waals surface area contributed by atoms with Crippen LogP contribution in [0.1, 0.15) is 168 Å². The van der Waals surface area contributed by atoms with Gasteiger partial charge in [-0.2, -0.15) is 0 Å². The van der Waals surface area contributed by atoms with Crippen LogP contribution in [0.15, 0.2) is 158 Å². The minimum absolute atomic E-state index is 0.137. The zero-order chi connectivity index (χ0) is 46.5. The summed E-state index contributed by atoms with van der Waals surface area (Å²) < 4.78 is 16.7. The first kappa shape index (κ1) is 59.0. The minimum Gasteiger partial charge on any atom is -0.462 e. The van der Waals surface area contributed by atoms with Crippen molar-refractivity contribution < 1.29 is 28.6 Å². The maximum absolute atomic E-state index is 12.8. The van der Waals surface area contributed by atoms with Crippen LogP contribution >= 0.6 is 0 Å². The molecular formula is C58H86O6. The number of carbonyl (C=O) groups excluding carboxylic acids is 3. The van der Waals surface area contributed by atoms with E-state index in [-0.39, 0.29) is 50.4 Å². The van der Waals surface area contributed by atoms with Crippen molar-refractivity contribution in [3.05, 3.63) is 158 Å². The average molecular weight is 879 g/mol. The summed E-state index contributed by atoms with van der Waals surface area (Å²) >= 11 is 0. The highest BCUT2D eigenvalue weighted by molar-refractivity contribution is 5.71. The van der Waals surface area contributed by atoms with Crippen LogP contribution in [0.2, 0.25) is 0 Å². The number of carbonyl (C=O) groups is 3. The third kappa shape index (κ3) is 48.1. The lowest BCUT2D eigenvalue weighted by molar-refractivity contribution is -0.167. The second kappa shape index (κ2) is 50.7. The first-order valence-electron chi connectivity index (χ1n) is 24.5. The number of unbranched alkanes of at least 4 members (excludes halogenated alkanes) is 7. The van der Waals surface area contributed by atoms with Crippen molar-refractivity contribution in [2.45, 2.75) is 175 Å². The minimum atomic E-state index is -0.841. The third-order valence-electron chi connectivity index (χ3n) is 9.35. The van der Waals surface area contributed by atoms with Crippen LogP contribution in [0, 0.1) is 0 Å². The molecule has 0 radical (unpaired) electrons. The van der Waals surface area contributed by atoms with Gasteiger partial charge in [0.05, 0.1) is 0 Å². The van der Waals surface area contributed by atoms with Crippen LogP contribution < -0.4 is 0 Å². The summed E-state index contributed by atoms with van der Waals surface area (Å²) in [5.41, 5.74) is 0. The van der Waals surface area contributed by atoms with Crippen LogP contribution in [-0.2, 0) is 28.6 Å². The van der Waals surface area contributed by atoms with Gasteiger partial charge in [0.25, 0.3) is 0 Å². The topological polar surface area (TPSA) is 78.9 Å². The van der Waals surface area contributed by atoms with Gasteiger partial charge in [0.15, 0.2) is 6.10 Å². The molecule has 0 bridgehead atoms. The summed E-state index contributed by atoms with van der Waals surface area (Å²) in [5.74, 6) is -1.08. The molecule has 0 heterocycles. The van der Waals surface area contributed by atoms with E-state index in [4.69, 9.17) is 14.2 Å². The van der Waals surface area contributed by atoms with Crippen molar-refractivity contribution in [3.63, 3.8) is 0 Å². The van der Waals surface area contributed by atoms with Gasteiger partial charge in [0.2, 0.25) is 0 Å². The Kier molecular flexibility index (Phi) is 46.7. The molecule has 0 aromatic heterocycles. The maximum atomic E-state index is 12.8. The first-order valence-corrected chi connectivity index (χ1v) is 24.5. The smallest absolute Gasteiger partial charge is 0.306 e. The van der Waals surface area contributed by atoms with Gasteiger partial charge in [-0.25, -0.2) is 0 Å². The number of allylic oxidation sites excluding steroid dienone is 26. The predicted octanol–water partition coefficient (Wildman–Crippen LogP) is 16.2. The van der Waals surface area contributed by atoms with E-state index in [9.17, 15) is 14.4 Å². The second-order valence-corrected chi connectivity index (χ2v) is 15.3. The quantitative estimate of drug-likeness (QED) is 0.0200. The molecule has 0 saturated carbocycles. The second-order valence-electron chi connectivity index (χ2n) is 15.3. The highest BCUT2D eigenvalue weighted by atomic mass is 16.6. The Morgan fingerprint density at radius 1 is 0.328 bits per heavy atom. The molecule has 0 aromatic rings. The van der Waals surface area contributed by atoms with Gasteiger partial charge in [0, 0.05) is 19.3 Å². The Morgan fingerprint density at radius 3 is 1.09 bits per heavy atom. The number of ether oxygens (including phenoxy) is 3. The van der Waals surface area contributed by atoms with Crippen LogP contribution in [0.3, 0.4) is 0 Å². The molecule has 0 aliphatic heterocycles. The molecule has 64 heavy (non-hydrogen) atoms. The summed E-state index contributed by atoms with van der Waals surface area (Å²) in [6, 6.07) is 0. The van der Waals surface area contributed by atoms with Gasteiger partial charge in [-0.1, -0.05) is 192 Å². The lowest BCUT2D eigenvalue weighted by Crippen LogP contribution is -2.30. The van der Waals surface area contributed by atoms with Gasteiger partial charge in [-0.05, 0) is 116 Å². The van der Waals surface area contributed by atoms with Crippen molar-refractivity contribution in [1.29, 1.82) is 0 Å². The number of esters is 3. The number of hydrogen-bond acceptors (Lipinski definition) is 6. The molecule has 6 heteroatoms. The third-order valence-corrected chi connectivity index (χ3v) is 9.35. The molecule has 0 aromatic carbocycles. The van der Waals surface area contributed by atoms with Crippen LogP contribution in [0.25, 0.3) is 0 Å². The zero-order valence-corrected chi connectivity index (χ0v) is 40.2. The van der Waals surface area contributed by atoms with Crippen molar-refractivity contribution >= 4 is 17.9 Å². The van der Waals surface area contributed by atoms with Crippen LogP contribution in [0.4, 0.5) is 0 Å². The summed E-state index contributed by atoms with van der Waals surface area (Å²) in [6.07, 6.45) is 73.7. The van der Waals surface area contributed by atoms with E-state index >= 15 is 0 Å². The maximum Gasteiger partial charge on any atom is 0.306 e. The Balaban J connectivity index is 4.64. The summed E-state index contributed by atoms with van der Waals surface area (Å²) in [6.45, 7) is 6.12. The van der Waals surface area contributed by atoms with Crippen molar-refractivity contribution in [2.75, 3.05) is 13.2 Å². The van der Waals surface area contributed by atoms with E-state index in [1.165, 1.54) is 0 Å². The zero-order valence-electron chi connectivity index (χ0n) is 40.2. The Labute approximate surface area is 390 Å². The number of hydrogen-bond donors (Lipinski definition) is 0. The van der Waals surface area contributed by atoms with E-state index in [1.807, 2.05) is 36.5 Å². The highest BCUT2D eigenvalue weighted by Gasteiger charge is 2.19. The van der Waals surface area contributed by atoms with E-state index in [0.29, 0.717) is 19.3 Å². The lowest BCUT2D eigenvalue weighted by atomic mass is 10.1. The lowest BCUT2D eigenvalue weighted by Gasteiger charge is -2.18. The van der Waals surface area contributed by atoms with Crippen molar-refractivity contribution in [2.24, 2.45) is 0 Å².